The molecule has 0 saturated carbocycles. The summed E-state index contributed by atoms with van der Waals surface area (Å²) >= 11 is 2.85. The van der Waals surface area contributed by atoms with E-state index < -0.39 is 9.84 Å². The van der Waals surface area contributed by atoms with Crippen LogP contribution in [-0.4, -0.2) is 44.6 Å². The second-order valence-electron chi connectivity index (χ2n) is 6.84. The molecule has 31 heavy (non-hydrogen) atoms. The summed E-state index contributed by atoms with van der Waals surface area (Å²) in [5.41, 5.74) is 0.813. The van der Waals surface area contributed by atoms with E-state index in [-0.39, 0.29) is 16.6 Å². The van der Waals surface area contributed by atoms with Crippen molar-refractivity contribution in [2.24, 2.45) is 4.99 Å². The zero-order valence-electron chi connectivity index (χ0n) is 17.2. The lowest BCUT2D eigenvalue weighted by atomic mass is 10.3. The molecule has 1 aromatic heterocycles. The third-order valence-corrected chi connectivity index (χ3v) is 7.69. The lowest BCUT2D eigenvalue weighted by Crippen LogP contribution is -2.19. The molecule has 3 rings (SSSR count). The second-order valence-corrected chi connectivity index (χ2v) is 11.0. The van der Waals surface area contributed by atoms with Crippen LogP contribution in [0.2, 0.25) is 0 Å². The van der Waals surface area contributed by atoms with Crippen LogP contribution >= 0.6 is 23.1 Å². The topological polar surface area (TPSA) is 77.7 Å². The van der Waals surface area contributed by atoms with Gasteiger partial charge in [-0.15, -0.1) is 11.8 Å². The molecule has 10 heteroatoms. The van der Waals surface area contributed by atoms with Gasteiger partial charge in [-0.2, -0.15) is 4.99 Å². The highest BCUT2D eigenvalue weighted by atomic mass is 32.2. The summed E-state index contributed by atoms with van der Waals surface area (Å²) in [6.45, 7) is 0.941. The van der Waals surface area contributed by atoms with Crippen molar-refractivity contribution in [1.29, 1.82) is 0 Å². The number of aromatic nitrogens is 1. The van der Waals surface area contributed by atoms with Crippen molar-refractivity contribution in [3.05, 3.63) is 53.1 Å². The molecule has 0 aliphatic heterocycles. The van der Waals surface area contributed by atoms with Gasteiger partial charge in [0.2, 0.25) is 5.91 Å². The van der Waals surface area contributed by atoms with Gasteiger partial charge in [-0.25, -0.2) is 12.8 Å². The van der Waals surface area contributed by atoms with E-state index in [1.807, 2.05) is 4.57 Å². The predicted octanol–water partition coefficient (Wildman–Crippen LogP) is 3.89. The number of methoxy groups -OCH3 is 1. The Kier molecular flexibility index (Phi) is 8.04. The van der Waals surface area contributed by atoms with Crippen molar-refractivity contribution < 1.29 is 22.3 Å². The number of nitrogens with zero attached hydrogens (tertiary/aromatic N) is 2. The fourth-order valence-corrected chi connectivity index (χ4v) is 5.56. The number of hydrogen-bond donors (Lipinski definition) is 0. The maximum Gasteiger partial charge on any atom is 0.248 e. The fourth-order valence-electron chi connectivity index (χ4n) is 2.87. The predicted molar refractivity (Wildman–Crippen MR) is 122 cm³/mol. The van der Waals surface area contributed by atoms with Gasteiger partial charge >= 0.3 is 0 Å². The highest BCUT2D eigenvalue weighted by Gasteiger charge is 2.13. The fraction of sp³-hybridized carbons (Fsp3) is 0.333. The Bertz CT molecular complexity index is 1230. The first kappa shape index (κ1) is 23.6. The molecule has 3 aromatic rings. The number of carbonyl (C=O) groups excluding carboxylic acids is 1. The Morgan fingerprint density at radius 3 is 2.65 bits per heavy atom. The van der Waals surface area contributed by atoms with Gasteiger partial charge in [0.15, 0.2) is 14.6 Å². The number of halogens is 1. The molecule has 0 fully saturated rings. The summed E-state index contributed by atoms with van der Waals surface area (Å²) in [6.07, 6.45) is 2.10. The van der Waals surface area contributed by atoms with Crippen molar-refractivity contribution in [3.63, 3.8) is 0 Å². The van der Waals surface area contributed by atoms with E-state index in [1.165, 1.54) is 29.7 Å². The molecule has 0 saturated heterocycles. The summed E-state index contributed by atoms with van der Waals surface area (Å²) in [4.78, 5) is 18.4. The van der Waals surface area contributed by atoms with E-state index in [1.54, 1.807) is 49.2 Å². The molecule has 0 N–H and O–H groups in total. The first-order valence-electron chi connectivity index (χ1n) is 9.56. The Morgan fingerprint density at radius 1 is 1.23 bits per heavy atom. The molecule has 0 aliphatic rings. The SMILES string of the molecule is COCCn1c(=NC(=O)CCCSc2ccc(F)cc2)sc2cc(S(C)(=O)=O)ccc21. The molecule has 0 bridgehead atoms. The normalized spacial score (nSPS) is 12.5. The molecule has 0 aliphatic carbocycles. The molecule has 1 amide bonds. The van der Waals surface area contributed by atoms with Gasteiger partial charge in [0.05, 0.1) is 21.7 Å². The van der Waals surface area contributed by atoms with E-state index in [0.717, 1.165) is 20.9 Å². The molecule has 0 atom stereocenters. The van der Waals surface area contributed by atoms with Crippen molar-refractivity contribution in [1.82, 2.24) is 4.57 Å². The number of benzene rings is 2. The van der Waals surface area contributed by atoms with Crippen molar-refractivity contribution >= 4 is 49.1 Å². The number of ether oxygens (including phenoxy) is 1. The first-order valence-corrected chi connectivity index (χ1v) is 13.3. The van der Waals surface area contributed by atoms with Gasteiger partial charge in [-0.1, -0.05) is 11.3 Å². The third-order valence-electron chi connectivity index (χ3n) is 4.44. The molecule has 166 valence electrons. The van der Waals surface area contributed by atoms with Crippen LogP contribution in [-0.2, 0) is 25.9 Å². The molecule has 0 radical (unpaired) electrons. The van der Waals surface area contributed by atoms with Gasteiger partial charge in [0.1, 0.15) is 5.82 Å². The number of thioether (sulfide) groups is 1. The monoisotopic (exact) mass is 482 g/mol. The number of rotatable bonds is 9. The first-order chi connectivity index (χ1) is 14.8. The molecule has 0 unspecified atom stereocenters. The summed E-state index contributed by atoms with van der Waals surface area (Å²) in [6, 6.07) is 11.2. The zero-order chi connectivity index (χ0) is 22.4. The van der Waals surface area contributed by atoms with Crippen LogP contribution in [0.25, 0.3) is 10.2 Å². The average Bonchev–Trinajstić information content (AvgIpc) is 3.06. The quantitative estimate of drug-likeness (QED) is 0.342. The van der Waals surface area contributed by atoms with Crippen molar-refractivity contribution in [3.8, 4) is 0 Å². The maximum atomic E-state index is 13.0. The minimum Gasteiger partial charge on any atom is -0.383 e. The van der Waals surface area contributed by atoms with Gasteiger partial charge in [0.25, 0.3) is 0 Å². The highest BCUT2D eigenvalue weighted by molar-refractivity contribution is 7.99. The summed E-state index contributed by atoms with van der Waals surface area (Å²) in [5, 5.41) is 0. The maximum absolute atomic E-state index is 13.0. The minimum absolute atomic E-state index is 0.232. The molecule has 6 nitrogen and oxygen atoms in total. The lowest BCUT2D eigenvalue weighted by Gasteiger charge is -2.05. The Morgan fingerprint density at radius 2 is 1.97 bits per heavy atom. The number of carbonyl (C=O) groups is 1. The largest absolute Gasteiger partial charge is 0.383 e. The smallest absolute Gasteiger partial charge is 0.248 e. The molecule has 2 aromatic carbocycles. The zero-order valence-corrected chi connectivity index (χ0v) is 19.7. The lowest BCUT2D eigenvalue weighted by molar-refractivity contribution is -0.118. The molecular weight excluding hydrogens is 459 g/mol. The number of hydrogen-bond acceptors (Lipinski definition) is 6. The van der Waals surface area contributed by atoms with Gasteiger partial charge < -0.3 is 9.30 Å². The summed E-state index contributed by atoms with van der Waals surface area (Å²) < 4.78 is 44.5. The number of sulfone groups is 1. The summed E-state index contributed by atoms with van der Waals surface area (Å²) in [5.74, 6) is 0.216. The van der Waals surface area contributed by atoms with E-state index in [2.05, 4.69) is 4.99 Å². The number of fused-ring (bicyclic) bond motifs is 1. The Labute approximate surface area is 188 Å². The van der Waals surface area contributed by atoms with Crippen LogP contribution in [0.3, 0.4) is 0 Å². The number of amides is 1. The van der Waals surface area contributed by atoms with Crippen molar-refractivity contribution in [2.75, 3.05) is 25.7 Å². The average molecular weight is 483 g/mol. The van der Waals surface area contributed by atoms with Crippen LogP contribution in [0.1, 0.15) is 12.8 Å². The van der Waals surface area contributed by atoms with Crippen LogP contribution in [0, 0.1) is 5.82 Å². The van der Waals surface area contributed by atoms with Gasteiger partial charge in [-0.05, 0) is 54.6 Å². The van der Waals surface area contributed by atoms with Crippen molar-refractivity contribution in [2.45, 2.75) is 29.2 Å². The van der Waals surface area contributed by atoms with Gasteiger partial charge in [0, 0.05) is 31.2 Å². The second kappa shape index (κ2) is 10.5. The highest BCUT2D eigenvalue weighted by Crippen LogP contribution is 2.22. The summed E-state index contributed by atoms with van der Waals surface area (Å²) in [7, 11) is -1.73. The van der Waals surface area contributed by atoms with Gasteiger partial charge in [-0.3, -0.25) is 4.79 Å². The van der Waals surface area contributed by atoms with E-state index in [0.29, 0.717) is 30.8 Å². The van der Waals surface area contributed by atoms with E-state index in [4.69, 9.17) is 4.74 Å². The Balaban J connectivity index is 1.75. The van der Waals surface area contributed by atoms with E-state index >= 15 is 0 Å². The Hall–Kier alpha value is -2.01. The molecular formula is C21H23FN2O4S3. The molecule has 1 heterocycles. The standard InChI is InChI=1S/C21H23FN2O4S3/c1-28-12-11-24-18-10-9-17(31(2,26)27)14-19(18)30-21(24)23-20(25)4-3-13-29-16-7-5-15(22)6-8-16/h5-10,14H,3-4,11-13H2,1-2H3. The van der Waals surface area contributed by atoms with Crippen LogP contribution < -0.4 is 4.80 Å². The minimum atomic E-state index is -3.33. The molecule has 0 spiro atoms. The van der Waals surface area contributed by atoms with Crippen LogP contribution in [0.4, 0.5) is 4.39 Å². The third kappa shape index (κ3) is 6.49. The van der Waals surface area contributed by atoms with E-state index in [9.17, 15) is 17.6 Å². The van der Waals surface area contributed by atoms with Crippen LogP contribution in [0.15, 0.2) is 57.2 Å². The van der Waals surface area contributed by atoms with Crippen LogP contribution in [0.5, 0.6) is 0 Å². The number of thiazole rings is 1.